The summed E-state index contributed by atoms with van der Waals surface area (Å²) in [5.74, 6) is 1.60. The molecule has 1 atom stereocenters. The predicted molar refractivity (Wildman–Crippen MR) is 86.6 cm³/mol. The van der Waals surface area contributed by atoms with Crippen molar-refractivity contribution in [1.29, 1.82) is 0 Å². The smallest absolute Gasteiger partial charge is 0.164 e. The first-order valence-electron chi connectivity index (χ1n) is 6.77. The first-order chi connectivity index (χ1) is 10.1. The third-order valence-electron chi connectivity index (χ3n) is 3.36. The molecule has 0 aromatic heterocycles. The highest BCUT2D eigenvalue weighted by Gasteiger charge is 2.25. The van der Waals surface area contributed by atoms with Gasteiger partial charge in [-0.25, -0.2) is 0 Å². The molecule has 2 N–H and O–H groups in total. The summed E-state index contributed by atoms with van der Waals surface area (Å²) in [5.41, 5.74) is 0.508. The van der Waals surface area contributed by atoms with Crippen molar-refractivity contribution in [2.45, 2.75) is 13.0 Å². The van der Waals surface area contributed by atoms with Crippen LogP contribution in [0.15, 0.2) is 72.1 Å². The van der Waals surface area contributed by atoms with Crippen LogP contribution in [0.25, 0.3) is 0 Å². The van der Waals surface area contributed by atoms with Gasteiger partial charge in [-0.05, 0) is 18.3 Å². The Morgan fingerprint density at radius 2 is 1.48 bits per heavy atom. The summed E-state index contributed by atoms with van der Waals surface area (Å²) in [6, 6.07) is 18.4. The lowest BCUT2D eigenvalue weighted by Gasteiger charge is -2.18. The summed E-state index contributed by atoms with van der Waals surface area (Å²) in [7, 11) is -2.98. The molecule has 2 aromatic carbocycles. The third kappa shape index (κ3) is 3.51. The van der Waals surface area contributed by atoms with Crippen LogP contribution in [0, 0.1) is 0 Å². The van der Waals surface area contributed by atoms with Crippen molar-refractivity contribution in [2.24, 2.45) is 0 Å². The first kappa shape index (κ1) is 15.7. The van der Waals surface area contributed by atoms with Crippen LogP contribution in [-0.2, 0) is 4.57 Å². The molecule has 0 amide bonds. The van der Waals surface area contributed by atoms with Gasteiger partial charge in [0, 0.05) is 10.6 Å². The molecule has 2 aromatic rings. The van der Waals surface area contributed by atoms with Crippen LogP contribution in [0.3, 0.4) is 0 Å². The van der Waals surface area contributed by atoms with E-state index < -0.39 is 13.2 Å². The summed E-state index contributed by atoms with van der Waals surface area (Å²) in [4.78, 5) is 0. The number of aliphatic hydroxyl groups is 2. The molecule has 0 heterocycles. The van der Waals surface area contributed by atoms with Gasteiger partial charge in [0.25, 0.3) is 0 Å². The minimum absolute atomic E-state index is 0.383. The Kier molecular flexibility index (Phi) is 5.13. The zero-order valence-corrected chi connectivity index (χ0v) is 12.8. The van der Waals surface area contributed by atoms with E-state index in [9.17, 15) is 9.67 Å². The van der Waals surface area contributed by atoms with Crippen LogP contribution in [0.5, 0.6) is 0 Å². The average Bonchev–Trinajstić information content (AvgIpc) is 2.55. The summed E-state index contributed by atoms with van der Waals surface area (Å²) >= 11 is 0. The molecule has 21 heavy (non-hydrogen) atoms. The molecule has 0 spiro atoms. The van der Waals surface area contributed by atoms with Crippen molar-refractivity contribution in [2.75, 3.05) is 6.61 Å². The standard InChI is InChI=1S/C17H19O3P/c1-14(17(19)12-18)13-21(20,15-8-4-2-5-9-15)16-10-6-3-7-11-16/h2-11,13,17-19H,12H2,1H3/b14-13+/t17-/m0/s1. The SMILES string of the molecule is C/C(=C\P(=O)(c1ccccc1)c1ccccc1)[C@@H](O)CO. The fourth-order valence-corrected chi connectivity index (χ4v) is 4.69. The largest absolute Gasteiger partial charge is 0.393 e. The maximum Gasteiger partial charge on any atom is 0.164 e. The van der Waals surface area contributed by atoms with E-state index in [1.54, 1.807) is 12.7 Å². The zero-order chi connectivity index (χ0) is 15.3. The van der Waals surface area contributed by atoms with Gasteiger partial charge in [-0.1, -0.05) is 60.7 Å². The third-order valence-corrected chi connectivity index (χ3v) is 6.27. The molecule has 110 valence electrons. The van der Waals surface area contributed by atoms with Crippen molar-refractivity contribution in [3.05, 3.63) is 72.1 Å². The molecule has 0 fully saturated rings. The minimum Gasteiger partial charge on any atom is -0.393 e. The number of rotatable bonds is 5. The number of hydrogen-bond donors (Lipinski definition) is 2. The van der Waals surface area contributed by atoms with E-state index in [2.05, 4.69) is 0 Å². The second-order valence-electron chi connectivity index (χ2n) is 4.90. The van der Waals surface area contributed by atoms with E-state index in [0.717, 1.165) is 0 Å². The van der Waals surface area contributed by atoms with Crippen LogP contribution < -0.4 is 10.6 Å². The molecule has 0 aliphatic rings. The molecule has 3 nitrogen and oxygen atoms in total. The van der Waals surface area contributed by atoms with E-state index in [1.807, 2.05) is 60.7 Å². The number of aliphatic hydroxyl groups excluding tert-OH is 2. The Labute approximate surface area is 125 Å². The minimum atomic E-state index is -2.98. The fourth-order valence-electron chi connectivity index (χ4n) is 2.11. The van der Waals surface area contributed by atoms with Crippen molar-refractivity contribution in [3.8, 4) is 0 Å². The van der Waals surface area contributed by atoms with Crippen LogP contribution >= 0.6 is 7.14 Å². The van der Waals surface area contributed by atoms with Crippen LogP contribution in [0.2, 0.25) is 0 Å². The van der Waals surface area contributed by atoms with Crippen LogP contribution in [0.1, 0.15) is 6.92 Å². The average molecular weight is 302 g/mol. The quantitative estimate of drug-likeness (QED) is 0.833. The van der Waals surface area contributed by atoms with Crippen molar-refractivity contribution < 1.29 is 14.8 Å². The molecule has 0 aliphatic heterocycles. The maximum absolute atomic E-state index is 13.6. The Morgan fingerprint density at radius 3 is 1.86 bits per heavy atom. The first-order valence-corrected chi connectivity index (χ1v) is 8.55. The van der Waals surface area contributed by atoms with Gasteiger partial charge >= 0.3 is 0 Å². The van der Waals surface area contributed by atoms with Gasteiger partial charge < -0.3 is 14.8 Å². The number of hydrogen-bond acceptors (Lipinski definition) is 3. The van der Waals surface area contributed by atoms with E-state index in [4.69, 9.17) is 5.11 Å². The Morgan fingerprint density at radius 1 is 1.05 bits per heavy atom. The lowest BCUT2D eigenvalue weighted by Crippen LogP contribution is -2.18. The molecule has 4 heteroatoms. The molecule has 0 saturated carbocycles. The topological polar surface area (TPSA) is 57.5 Å². The van der Waals surface area contributed by atoms with Gasteiger partial charge in [-0.15, -0.1) is 0 Å². The van der Waals surface area contributed by atoms with Crippen LogP contribution in [0.4, 0.5) is 0 Å². The second-order valence-corrected chi connectivity index (χ2v) is 7.51. The summed E-state index contributed by atoms with van der Waals surface area (Å²) < 4.78 is 13.6. The highest BCUT2D eigenvalue weighted by molar-refractivity contribution is 7.81. The summed E-state index contributed by atoms with van der Waals surface area (Å²) in [6.07, 6.45) is -0.995. The molecular weight excluding hydrogens is 283 g/mol. The van der Waals surface area contributed by atoms with Crippen LogP contribution in [-0.4, -0.2) is 22.9 Å². The molecule has 0 aliphatic carbocycles. The molecular formula is C17H19O3P. The zero-order valence-electron chi connectivity index (χ0n) is 11.9. The monoisotopic (exact) mass is 302 g/mol. The lowest BCUT2D eigenvalue weighted by molar-refractivity contribution is 0.122. The molecule has 0 unspecified atom stereocenters. The highest BCUT2D eigenvalue weighted by Crippen LogP contribution is 2.46. The lowest BCUT2D eigenvalue weighted by atomic mass is 10.2. The second kappa shape index (κ2) is 6.86. The Bertz CT molecular complexity index is 607. The molecule has 0 bridgehead atoms. The van der Waals surface area contributed by atoms with Gasteiger partial charge in [-0.3, -0.25) is 0 Å². The fraction of sp³-hybridized carbons (Fsp3) is 0.176. The summed E-state index contributed by atoms with van der Waals surface area (Å²) in [6.45, 7) is 1.30. The maximum atomic E-state index is 13.6. The van der Waals surface area contributed by atoms with E-state index in [-0.39, 0.29) is 6.61 Å². The Balaban J connectivity index is 2.59. The highest BCUT2D eigenvalue weighted by atomic mass is 31.2. The molecule has 0 saturated heterocycles. The van der Waals surface area contributed by atoms with Gasteiger partial charge in [0.15, 0.2) is 7.14 Å². The van der Waals surface area contributed by atoms with Gasteiger partial charge in [-0.2, -0.15) is 0 Å². The van der Waals surface area contributed by atoms with Crippen molar-refractivity contribution in [3.63, 3.8) is 0 Å². The molecule has 0 radical (unpaired) electrons. The van der Waals surface area contributed by atoms with Gasteiger partial charge in [0.05, 0.1) is 12.7 Å². The van der Waals surface area contributed by atoms with Crippen molar-refractivity contribution in [1.82, 2.24) is 0 Å². The number of benzene rings is 2. The molecule has 2 rings (SSSR count). The van der Waals surface area contributed by atoms with E-state index in [0.29, 0.717) is 16.2 Å². The Hall–Kier alpha value is -1.67. The summed E-state index contributed by atoms with van der Waals surface area (Å²) in [5, 5.41) is 20.2. The van der Waals surface area contributed by atoms with Gasteiger partial charge in [0.2, 0.25) is 0 Å². The van der Waals surface area contributed by atoms with Gasteiger partial charge in [0.1, 0.15) is 0 Å². The predicted octanol–water partition coefficient (Wildman–Crippen LogP) is 2.26. The van der Waals surface area contributed by atoms with Crippen molar-refractivity contribution >= 4 is 17.8 Å². The van der Waals surface area contributed by atoms with E-state index in [1.165, 1.54) is 0 Å². The normalized spacial score (nSPS) is 14.0. The van der Waals surface area contributed by atoms with E-state index >= 15 is 0 Å².